The quantitative estimate of drug-likeness (QED) is 0.822. The summed E-state index contributed by atoms with van der Waals surface area (Å²) >= 11 is 0. The normalized spacial score (nSPS) is 12.2. The fourth-order valence-electron chi connectivity index (χ4n) is 1.41. The van der Waals surface area contributed by atoms with Gasteiger partial charge in [-0.05, 0) is 23.6 Å². The Kier molecular flexibility index (Phi) is 4.25. The van der Waals surface area contributed by atoms with Gasteiger partial charge in [0, 0.05) is 24.1 Å². The zero-order chi connectivity index (χ0) is 14.8. The molecule has 3 N–H and O–H groups in total. The number of hydrogen-bond acceptors (Lipinski definition) is 4. The van der Waals surface area contributed by atoms with Crippen LogP contribution in [0.3, 0.4) is 0 Å². The van der Waals surface area contributed by atoms with Crippen LogP contribution in [0.2, 0.25) is 0 Å². The van der Waals surface area contributed by atoms with Crippen LogP contribution < -0.4 is 11.1 Å². The van der Waals surface area contributed by atoms with Crippen molar-refractivity contribution in [1.82, 2.24) is 5.32 Å². The lowest BCUT2D eigenvalue weighted by Gasteiger charge is -2.18. The highest BCUT2D eigenvalue weighted by atomic mass is 32.2. The largest absolute Gasteiger partial charge is 0.399 e. The molecule has 106 valence electrons. The SMILES string of the molecule is CC(C)(C)CNC(=O)c1cc(N)cc(S(C)(=O)=O)c1. The van der Waals surface area contributed by atoms with Crippen LogP contribution in [-0.2, 0) is 9.84 Å². The van der Waals surface area contributed by atoms with E-state index >= 15 is 0 Å². The van der Waals surface area contributed by atoms with Gasteiger partial charge in [-0.25, -0.2) is 8.42 Å². The molecule has 1 aromatic rings. The van der Waals surface area contributed by atoms with Crippen molar-refractivity contribution in [2.45, 2.75) is 25.7 Å². The average Bonchev–Trinajstić information content (AvgIpc) is 2.22. The summed E-state index contributed by atoms with van der Waals surface area (Å²) < 4.78 is 23.0. The van der Waals surface area contributed by atoms with Gasteiger partial charge in [0.1, 0.15) is 0 Å². The van der Waals surface area contributed by atoms with Crippen molar-refractivity contribution in [1.29, 1.82) is 0 Å². The highest BCUT2D eigenvalue weighted by Gasteiger charge is 2.16. The summed E-state index contributed by atoms with van der Waals surface area (Å²) in [4.78, 5) is 12.0. The third kappa shape index (κ3) is 4.90. The first-order chi connectivity index (χ1) is 8.49. The van der Waals surface area contributed by atoms with Gasteiger partial charge < -0.3 is 11.1 Å². The van der Waals surface area contributed by atoms with Crippen LogP contribution in [0.25, 0.3) is 0 Å². The third-order valence-electron chi connectivity index (χ3n) is 2.40. The van der Waals surface area contributed by atoms with Gasteiger partial charge in [-0.1, -0.05) is 20.8 Å². The van der Waals surface area contributed by atoms with Crippen LogP contribution in [0.4, 0.5) is 5.69 Å². The van der Waals surface area contributed by atoms with Gasteiger partial charge in [0.15, 0.2) is 9.84 Å². The predicted molar refractivity (Wildman–Crippen MR) is 75.8 cm³/mol. The second-order valence-corrected chi connectivity index (χ2v) is 7.82. The van der Waals surface area contributed by atoms with Gasteiger partial charge in [-0.3, -0.25) is 4.79 Å². The number of nitrogens with two attached hydrogens (primary N) is 1. The summed E-state index contributed by atoms with van der Waals surface area (Å²) in [5.74, 6) is -0.327. The Morgan fingerprint density at radius 3 is 2.32 bits per heavy atom. The third-order valence-corrected chi connectivity index (χ3v) is 3.49. The fourth-order valence-corrected chi connectivity index (χ4v) is 2.11. The molecule has 0 fully saturated rings. The van der Waals surface area contributed by atoms with Crippen LogP contribution in [0, 0.1) is 5.41 Å². The summed E-state index contributed by atoms with van der Waals surface area (Å²) in [7, 11) is -3.38. The average molecular weight is 284 g/mol. The van der Waals surface area contributed by atoms with E-state index < -0.39 is 9.84 Å². The van der Waals surface area contributed by atoms with Crippen molar-refractivity contribution in [2.24, 2.45) is 5.41 Å². The van der Waals surface area contributed by atoms with E-state index in [4.69, 9.17) is 5.73 Å². The number of nitrogen functional groups attached to an aromatic ring is 1. The van der Waals surface area contributed by atoms with Crippen molar-refractivity contribution in [3.05, 3.63) is 23.8 Å². The summed E-state index contributed by atoms with van der Waals surface area (Å²) in [5, 5.41) is 2.76. The molecule has 19 heavy (non-hydrogen) atoms. The maximum Gasteiger partial charge on any atom is 0.251 e. The smallest absolute Gasteiger partial charge is 0.251 e. The van der Waals surface area contributed by atoms with Crippen molar-refractivity contribution in [3.63, 3.8) is 0 Å². The Bertz CT molecular complexity index is 586. The van der Waals surface area contributed by atoms with Crippen molar-refractivity contribution < 1.29 is 13.2 Å². The first-order valence-corrected chi connectivity index (χ1v) is 7.77. The molecule has 1 aromatic carbocycles. The summed E-state index contributed by atoms with van der Waals surface area (Å²) in [6.45, 7) is 6.48. The minimum Gasteiger partial charge on any atom is -0.399 e. The standard InChI is InChI=1S/C13H20N2O3S/c1-13(2,3)8-15-12(16)9-5-10(14)7-11(6-9)19(4,17)18/h5-7H,8,14H2,1-4H3,(H,15,16). The van der Waals surface area contributed by atoms with Gasteiger partial charge in [0.2, 0.25) is 0 Å². The Morgan fingerprint density at radius 2 is 1.84 bits per heavy atom. The van der Waals surface area contributed by atoms with E-state index in [1.807, 2.05) is 20.8 Å². The van der Waals surface area contributed by atoms with E-state index in [1.165, 1.54) is 18.2 Å². The van der Waals surface area contributed by atoms with Crippen molar-refractivity contribution >= 4 is 21.4 Å². The number of carbonyl (C=O) groups is 1. The number of sulfone groups is 1. The highest BCUT2D eigenvalue weighted by molar-refractivity contribution is 7.90. The molecule has 0 heterocycles. The van der Waals surface area contributed by atoms with Crippen molar-refractivity contribution in [3.8, 4) is 0 Å². The molecule has 0 saturated heterocycles. The van der Waals surface area contributed by atoms with E-state index in [1.54, 1.807) is 0 Å². The number of benzene rings is 1. The van der Waals surface area contributed by atoms with E-state index in [-0.39, 0.29) is 27.5 Å². The number of nitrogens with one attached hydrogen (secondary N) is 1. The molecule has 1 amide bonds. The molecule has 1 rings (SSSR count). The minimum absolute atomic E-state index is 0.0460. The summed E-state index contributed by atoms with van der Waals surface area (Å²) in [6.07, 6.45) is 1.08. The van der Waals surface area contributed by atoms with Gasteiger partial charge in [-0.15, -0.1) is 0 Å². The topological polar surface area (TPSA) is 89.3 Å². The number of anilines is 1. The number of hydrogen-bond donors (Lipinski definition) is 2. The predicted octanol–water partition coefficient (Wildman–Crippen LogP) is 1.45. The Labute approximate surface area is 114 Å². The van der Waals surface area contributed by atoms with Crippen LogP contribution >= 0.6 is 0 Å². The Balaban J connectivity index is 3.02. The fraction of sp³-hybridized carbons (Fsp3) is 0.462. The molecule has 0 radical (unpaired) electrons. The maximum atomic E-state index is 12.0. The minimum atomic E-state index is -3.38. The Morgan fingerprint density at radius 1 is 1.26 bits per heavy atom. The zero-order valence-corrected chi connectivity index (χ0v) is 12.5. The van der Waals surface area contributed by atoms with E-state index in [0.717, 1.165) is 6.26 Å². The first kappa shape index (κ1) is 15.5. The molecular weight excluding hydrogens is 264 g/mol. The lowest BCUT2D eigenvalue weighted by molar-refractivity contribution is 0.0939. The van der Waals surface area contributed by atoms with E-state index in [9.17, 15) is 13.2 Å². The highest BCUT2D eigenvalue weighted by Crippen LogP contribution is 2.17. The van der Waals surface area contributed by atoms with Gasteiger partial charge in [-0.2, -0.15) is 0 Å². The monoisotopic (exact) mass is 284 g/mol. The van der Waals surface area contributed by atoms with Gasteiger partial charge in [0.05, 0.1) is 4.90 Å². The second-order valence-electron chi connectivity index (χ2n) is 5.81. The molecule has 0 bridgehead atoms. The molecule has 0 atom stereocenters. The first-order valence-electron chi connectivity index (χ1n) is 5.88. The molecule has 0 aliphatic carbocycles. The molecular formula is C13H20N2O3S. The maximum absolute atomic E-state index is 12.0. The molecule has 0 spiro atoms. The molecule has 0 saturated carbocycles. The van der Waals surface area contributed by atoms with Crippen LogP contribution in [0.5, 0.6) is 0 Å². The number of rotatable bonds is 3. The molecule has 0 aromatic heterocycles. The van der Waals surface area contributed by atoms with Crippen LogP contribution in [-0.4, -0.2) is 27.1 Å². The number of amides is 1. The van der Waals surface area contributed by atoms with Gasteiger partial charge >= 0.3 is 0 Å². The van der Waals surface area contributed by atoms with Crippen molar-refractivity contribution in [2.75, 3.05) is 18.5 Å². The number of carbonyl (C=O) groups excluding carboxylic acids is 1. The molecule has 0 unspecified atom stereocenters. The second kappa shape index (κ2) is 5.21. The molecule has 0 aliphatic heterocycles. The van der Waals surface area contributed by atoms with Crippen LogP contribution in [0.1, 0.15) is 31.1 Å². The van der Waals surface area contributed by atoms with E-state index in [0.29, 0.717) is 6.54 Å². The Hall–Kier alpha value is -1.56. The van der Waals surface area contributed by atoms with Crippen LogP contribution in [0.15, 0.2) is 23.1 Å². The lowest BCUT2D eigenvalue weighted by atomic mass is 9.97. The van der Waals surface area contributed by atoms with E-state index in [2.05, 4.69) is 5.32 Å². The summed E-state index contributed by atoms with van der Waals surface area (Å²) in [6, 6.07) is 4.15. The lowest BCUT2D eigenvalue weighted by Crippen LogP contribution is -2.32. The molecule has 0 aliphatic rings. The molecule has 5 nitrogen and oxygen atoms in total. The molecule has 6 heteroatoms. The summed E-state index contributed by atoms with van der Waals surface area (Å²) in [5.41, 5.74) is 6.09. The van der Waals surface area contributed by atoms with Gasteiger partial charge in [0.25, 0.3) is 5.91 Å². The zero-order valence-electron chi connectivity index (χ0n) is 11.6.